The number of carbonyl (C=O) groups is 1. The highest BCUT2D eigenvalue weighted by Gasteiger charge is 2.31. The van der Waals surface area contributed by atoms with Crippen LogP contribution in [0.5, 0.6) is 0 Å². The Kier molecular flexibility index (Phi) is 6.86. The molecule has 1 amide bonds. The fourth-order valence-corrected chi connectivity index (χ4v) is 6.00. The van der Waals surface area contributed by atoms with E-state index in [1.165, 1.54) is 0 Å². The molecular weight excluding hydrogens is 472 g/mol. The average Bonchev–Trinajstić information content (AvgIpc) is 3.62. The van der Waals surface area contributed by atoms with Gasteiger partial charge >= 0.3 is 0 Å². The number of aromatic nitrogens is 1. The normalized spacial score (nSPS) is 18.6. The second-order valence-corrected chi connectivity index (χ2v) is 10.3. The highest BCUT2D eigenvalue weighted by atomic mass is 32.1. The molecule has 3 heterocycles. The molecule has 2 aliphatic heterocycles. The Balaban J connectivity index is 1.29. The fourth-order valence-electron chi connectivity index (χ4n) is 5.01. The monoisotopic (exact) mass is 500 g/mol. The molecule has 8 heteroatoms. The van der Waals surface area contributed by atoms with E-state index in [1.807, 2.05) is 49.6 Å². The van der Waals surface area contributed by atoms with Crippen LogP contribution in [0.2, 0.25) is 0 Å². The molecule has 1 saturated heterocycles. The summed E-state index contributed by atoms with van der Waals surface area (Å²) in [7, 11) is 0. The lowest BCUT2D eigenvalue weighted by atomic mass is 9.93. The largest absolute Gasteiger partial charge is 0.387 e. The van der Waals surface area contributed by atoms with Crippen molar-refractivity contribution in [1.82, 2.24) is 9.88 Å². The number of hydrogen-bond donors (Lipinski definition) is 1. The molecule has 2 aromatic carbocycles. The molecular formula is C28H28N4O3S. The standard InChI is InChI=1S/C28H28N4O3S/c1-17-6-7-18(2)22(14-17)26(33)28(34)32-12-9-19(10-13-32)27-31-23(16-36-27)21-5-3-4-20(15-29)25(21)24-8-11-30-35-24/h3-7,11,14,16,19,24,26,33H,8-10,12-13H2,1-2H3/t24-,26?/m1/s1. The van der Waals surface area contributed by atoms with Crippen LogP contribution >= 0.6 is 11.3 Å². The van der Waals surface area contributed by atoms with Gasteiger partial charge in [-0.15, -0.1) is 11.3 Å². The lowest BCUT2D eigenvalue weighted by molar-refractivity contribution is -0.141. The molecule has 1 fully saturated rings. The van der Waals surface area contributed by atoms with Gasteiger partial charge in [-0.25, -0.2) is 4.98 Å². The highest BCUT2D eigenvalue weighted by molar-refractivity contribution is 7.10. The quantitative estimate of drug-likeness (QED) is 0.520. The number of amides is 1. The molecule has 7 nitrogen and oxygen atoms in total. The molecule has 1 N–H and O–H groups in total. The van der Waals surface area contributed by atoms with E-state index < -0.39 is 6.10 Å². The van der Waals surface area contributed by atoms with E-state index >= 15 is 0 Å². The van der Waals surface area contributed by atoms with Crippen LogP contribution in [0.15, 0.2) is 46.9 Å². The Morgan fingerprint density at radius 2 is 2.06 bits per heavy atom. The minimum absolute atomic E-state index is 0.237. The van der Waals surface area contributed by atoms with Crippen LogP contribution in [-0.2, 0) is 9.63 Å². The number of aryl methyl sites for hydroxylation is 2. The molecule has 1 unspecified atom stereocenters. The van der Waals surface area contributed by atoms with E-state index in [0.29, 0.717) is 30.6 Å². The van der Waals surface area contributed by atoms with E-state index in [0.717, 1.165) is 45.8 Å². The average molecular weight is 501 g/mol. The predicted octanol–water partition coefficient (Wildman–Crippen LogP) is 5.19. The van der Waals surface area contributed by atoms with Gasteiger partial charge in [0.05, 0.1) is 22.3 Å². The third-order valence-electron chi connectivity index (χ3n) is 7.05. The van der Waals surface area contributed by atoms with Gasteiger partial charge in [0.1, 0.15) is 0 Å². The zero-order valence-corrected chi connectivity index (χ0v) is 21.2. The number of carbonyl (C=O) groups excluding carboxylic acids is 1. The number of rotatable bonds is 5. The summed E-state index contributed by atoms with van der Waals surface area (Å²) in [5.74, 6) is 0.0121. The fraction of sp³-hybridized carbons (Fsp3) is 0.357. The van der Waals surface area contributed by atoms with Gasteiger partial charge in [0, 0.05) is 48.1 Å². The van der Waals surface area contributed by atoms with Gasteiger partial charge in [-0.1, -0.05) is 41.1 Å². The smallest absolute Gasteiger partial charge is 0.256 e. The Morgan fingerprint density at radius 3 is 2.78 bits per heavy atom. The maximum atomic E-state index is 13.0. The summed E-state index contributed by atoms with van der Waals surface area (Å²) in [6, 6.07) is 13.7. The summed E-state index contributed by atoms with van der Waals surface area (Å²) < 4.78 is 0. The number of nitrogens with zero attached hydrogens (tertiary/aromatic N) is 4. The highest BCUT2D eigenvalue weighted by Crippen LogP contribution is 2.39. The number of thiazole rings is 1. The Morgan fingerprint density at radius 1 is 1.25 bits per heavy atom. The van der Waals surface area contributed by atoms with Crippen LogP contribution in [-0.4, -0.2) is 40.2 Å². The van der Waals surface area contributed by atoms with Crippen molar-refractivity contribution in [1.29, 1.82) is 5.26 Å². The molecule has 3 aromatic rings. The number of oxime groups is 1. The van der Waals surface area contributed by atoms with Crippen molar-refractivity contribution in [2.24, 2.45) is 5.16 Å². The number of likely N-dealkylation sites (tertiary alicyclic amines) is 1. The van der Waals surface area contributed by atoms with E-state index in [9.17, 15) is 15.2 Å². The van der Waals surface area contributed by atoms with Gasteiger partial charge in [-0.05, 0) is 43.9 Å². The molecule has 0 radical (unpaired) electrons. The maximum Gasteiger partial charge on any atom is 0.256 e. The number of nitriles is 1. The number of piperidine rings is 1. The van der Waals surface area contributed by atoms with Crippen LogP contribution in [0.25, 0.3) is 11.3 Å². The van der Waals surface area contributed by atoms with Gasteiger partial charge < -0.3 is 14.8 Å². The van der Waals surface area contributed by atoms with Gasteiger partial charge in [0.25, 0.3) is 5.91 Å². The summed E-state index contributed by atoms with van der Waals surface area (Å²) in [6.07, 6.45) is 2.52. The first-order valence-electron chi connectivity index (χ1n) is 12.2. The van der Waals surface area contributed by atoms with Crippen LogP contribution in [0, 0.1) is 25.2 Å². The molecule has 5 rings (SSSR count). The third kappa shape index (κ3) is 4.64. The van der Waals surface area contributed by atoms with E-state index in [2.05, 4.69) is 11.2 Å². The van der Waals surface area contributed by atoms with Crippen LogP contribution in [0.3, 0.4) is 0 Å². The van der Waals surface area contributed by atoms with Crippen molar-refractivity contribution in [3.8, 4) is 17.3 Å². The lowest BCUT2D eigenvalue weighted by Gasteiger charge is -2.32. The van der Waals surface area contributed by atoms with Gasteiger partial charge in [0.2, 0.25) is 0 Å². The lowest BCUT2D eigenvalue weighted by Crippen LogP contribution is -2.40. The van der Waals surface area contributed by atoms with Crippen molar-refractivity contribution in [2.75, 3.05) is 13.1 Å². The topological polar surface area (TPSA) is 98.8 Å². The van der Waals surface area contributed by atoms with Crippen molar-refractivity contribution < 1.29 is 14.7 Å². The van der Waals surface area contributed by atoms with Gasteiger partial charge in [-0.3, -0.25) is 4.79 Å². The van der Waals surface area contributed by atoms with E-state index in [-0.39, 0.29) is 17.9 Å². The molecule has 0 aliphatic carbocycles. The molecule has 1 aromatic heterocycles. The van der Waals surface area contributed by atoms with Crippen molar-refractivity contribution in [3.05, 3.63) is 74.6 Å². The predicted molar refractivity (Wildman–Crippen MR) is 139 cm³/mol. The summed E-state index contributed by atoms with van der Waals surface area (Å²) in [5.41, 5.74) is 5.76. The first-order valence-corrected chi connectivity index (χ1v) is 13.0. The van der Waals surface area contributed by atoms with Gasteiger partial charge in [0.15, 0.2) is 12.2 Å². The zero-order valence-electron chi connectivity index (χ0n) is 20.3. The van der Waals surface area contributed by atoms with Crippen LogP contribution in [0.1, 0.15) is 70.2 Å². The molecule has 36 heavy (non-hydrogen) atoms. The maximum absolute atomic E-state index is 13.0. The molecule has 2 atom stereocenters. The van der Waals surface area contributed by atoms with Crippen molar-refractivity contribution in [3.63, 3.8) is 0 Å². The third-order valence-corrected chi connectivity index (χ3v) is 8.05. The number of aliphatic hydroxyl groups excluding tert-OH is 1. The first kappa shape index (κ1) is 24.2. The first-order chi connectivity index (χ1) is 17.5. The molecule has 184 valence electrons. The van der Waals surface area contributed by atoms with Crippen LogP contribution in [0.4, 0.5) is 0 Å². The minimum Gasteiger partial charge on any atom is -0.387 e. The Hall–Kier alpha value is -3.54. The molecule has 0 saturated carbocycles. The van der Waals surface area contributed by atoms with E-state index in [1.54, 1.807) is 28.5 Å². The SMILES string of the molecule is Cc1ccc(C)c(C(O)C(=O)N2CCC(c3nc(-c4cccc(C#N)c4[C@H]4CC=NO4)cs3)CC2)c1. The number of benzene rings is 2. The van der Waals surface area contributed by atoms with Crippen LogP contribution < -0.4 is 0 Å². The van der Waals surface area contributed by atoms with E-state index in [4.69, 9.17) is 9.82 Å². The molecule has 0 spiro atoms. The van der Waals surface area contributed by atoms with Crippen molar-refractivity contribution in [2.45, 2.75) is 51.2 Å². The summed E-state index contributed by atoms with van der Waals surface area (Å²) >= 11 is 1.61. The Bertz CT molecular complexity index is 1340. The number of hydrogen-bond acceptors (Lipinski definition) is 7. The second-order valence-electron chi connectivity index (χ2n) is 9.43. The molecule has 0 bridgehead atoms. The second kappa shape index (κ2) is 10.2. The number of aliphatic hydroxyl groups is 1. The Labute approximate surface area is 214 Å². The van der Waals surface area contributed by atoms with Crippen molar-refractivity contribution >= 4 is 23.5 Å². The zero-order chi connectivity index (χ0) is 25.2. The summed E-state index contributed by atoms with van der Waals surface area (Å²) in [6.45, 7) is 5.05. The minimum atomic E-state index is -1.14. The summed E-state index contributed by atoms with van der Waals surface area (Å²) in [5, 5.41) is 27.4. The molecule has 2 aliphatic rings. The summed E-state index contributed by atoms with van der Waals surface area (Å²) in [4.78, 5) is 25.2. The van der Waals surface area contributed by atoms with Gasteiger partial charge in [-0.2, -0.15) is 5.26 Å².